The van der Waals surface area contributed by atoms with Crippen LogP contribution in [0.3, 0.4) is 0 Å². The average molecular weight is 197 g/mol. The molecule has 1 atom stereocenters. The van der Waals surface area contributed by atoms with E-state index in [0.717, 1.165) is 5.56 Å². The van der Waals surface area contributed by atoms with Crippen LogP contribution >= 0.6 is 12.6 Å². The molecular weight excluding hydrogens is 182 g/mol. The van der Waals surface area contributed by atoms with Gasteiger partial charge in [0.15, 0.2) is 0 Å². The number of phenols is 1. The molecule has 0 aliphatic rings. The zero-order valence-electron chi connectivity index (χ0n) is 7.86. The number of aromatic hydroxyl groups is 1. The second-order valence-corrected chi connectivity index (χ2v) is 3.97. The van der Waals surface area contributed by atoms with Gasteiger partial charge in [-0.15, -0.1) is 12.6 Å². The van der Waals surface area contributed by atoms with Crippen molar-refractivity contribution in [3.8, 4) is 5.75 Å². The molecule has 0 spiro atoms. The SMILES string of the molecule is CC(C)[C@@H](N)c1cccc(S)c1O. The summed E-state index contributed by atoms with van der Waals surface area (Å²) in [5, 5.41) is 9.66. The van der Waals surface area contributed by atoms with Crippen LogP contribution in [0.4, 0.5) is 0 Å². The summed E-state index contributed by atoms with van der Waals surface area (Å²) in [5.74, 6) is 0.507. The maximum absolute atomic E-state index is 9.66. The molecule has 0 heterocycles. The Morgan fingerprint density at radius 1 is 1.38 bits per heavy atom. The molecule has 1 rings (SSSR count). The third-order valence-electron chi connectivity index (χ3n) is 2.12. The lowest BCUT2D eigenvalue weighted by Crippen LogP contribution is -2.16. The minimum atomic E-state index is -0.132. The van der Waals surface area contributed by atoms with Crippen molar-refractivity contribution in [2.24, 2.45) is 11.7 Å². The van der Waals surface area contributed by atoms with Gasteiger partial charge in [0.1, 0.15) is 5.75 Å². The van der Waals surface area contributed by atoms with E-state index in [-0.39, 0.29) is 11.8 Å². The minimum absolute atomic E-state index is 0.132. The molecule has 0 saturated carbocycles. The van der Waals surface area contributed by atoms with Crippen LogP contribution in [-0.4, -0.2) is 5.11 Å². The molecule has 0 aliphatic carbocycles. The molecule has 0 aliphatic heterocycles. The molecule has 3 N–H and O–H groups in total. The first-order chi connectivity index (χ1) is 6.04. The molecule has 1 aromatic rings. The molecule has 0 radical (unpaired) electrons. The zero-order chi connectivity index (χ0) is 10.0. The molecular formula is C10H15NOS. The topological polar surface area (TPSA) is 46.2 Å². The average Bonchev–Trinajstić information content (AvgIpc) is 2.08. The highest BCUT2D eigenvalue weighted by Crippen LogP contribution is 2.31. The minimum Gasteiger partial charge on any atom is -0.506 e. The van der Waals surface area contributed by atoms with E-state index in [9.17, 15) is 5.11 Å². The van der Waals surface area contributed by atoms with E-state index in [2.05, 4.69) is 12.6 Å². The summed E-state index contributed by atoms with van der Waals surface area (Å²) >= 11 is 4.12. The van der Waals surface area contributed by atoms with Gasteiger partial charge in [-0.3, -0.25) is 0 Å². The van der Waals surface area contributed by atoms with E-state index in [0.29, 0.717) is 10.8 Å². The van der Waals surface area contributed by atoms with Crippen LogP contribution in [-0.2, 0) is 0 Å². The maximum Gasteiger partial charge on any atom is 0.133 e. The maximum atomic E-state index is 9.66. The number of benzene rings is 1. The third kappa shape index (κ3) is 2.17. The summed E-state index contributed by atoms with van der Waals surface area (Å²) in [4.78, 5) is 0.577. The summed E-state index contributed by atoms with van der Waals surface area (Å²) in [6.07, 6.45) is 0. The van der Waals surface area contributed by atoms with Crippen LogP contribution < -0.4 is 5.73 Å². The van der Waals surface area contributed by atoms with Gasteiger partial charge in [-0.2, -0.15) is 0 Å². The summed E-state index contributed by atoms with van der Waals surface area (Å²) in [6, 6.07) is 5.29. The van der Waals surface area contributed by atoms with Crippen molar-refractivity contribution in [2.75, 3.05) is 0 Å². The van der Waals surface area contributed by atoms with Crippen molar-refractivity contribution in [2.45, 2.75) is 24.8 Å². The molecule has 13 heavy (non-hydrogen) atoms. The van der Waals surface area contributed by atoms with Gasteiger partial charge in [0.25, 0.3) is 0 Å². The lowest BCUT2D eigenvalue weighted by atomic mass is 9.96. The molecule has 72 valence electrons. The van der Waals surface area contributed by atoms with Gasteiger partial charge < -0.3 is 10.8 Å². The van der Waals surface area contributed by atoms with E-state index in [1.165, 1.54) is 0 Å². The first-order valence-electron chi connectivity index (χ1n) is 4.30. The van der Waals surface area contributed by atoms with Crippen molar-refractivity contribution in [3.05, 3.63) is 23.8 Å². The fourth-order valence-corrected chi connectivity index (χ4v) is 1.39. The van der Waals surface area contributed by atoms with Gasteiger partial charge in [-0.05, 0) is 12.0 Å². The number of para-hydroxylation sites is 1. The number of phenolic OH excluding ortho intramolecular Hbond substituents is 1. The quantitative estimate of drug-likeness (QED) is 0.637. The van der Waals surface area contributed by atoms with Crippen molar-refractivity contribution in [1.29, 1.82) is 0 Å². The largest absolute Gasteiger partial charge is 0.506 e. The van der Waals surface area contributed by atoms with Gasteiger partial charge in [-0.1, -0.05) is 26.0 Å². The Morgan fingerprint density at radius 3 is 2.54 bits per heavy atom. The smallest absolute Gasteiger partial charge is 0.133 e. The van der Waals surface area contributed by atoms with Crippen molar-refractivity contribution >= 4 is 12.6 Å². The zero-order valence-corrected chi connectivity index (χ0v) is 8.75. The number of thiol groups is 1. The number of rotatable bonds is 2. The Hall–Kier alpha value is -0.670. The Morgan fingerprint density at radius 2 is 2.00 bits per heavy atom. The highest BCUT2D eigenvalue weighted by atomic mass is 32.1. The second kappa shape index (κ2) is 4.03. The van der Waals surface area contributed by atoms with Gasteiger partial charge >= 0.3 is 0 Å². The molecule has 0 aromatic heterocycles. The lowest BCUT2D eigenvalue weighted by molar-refractivity contribution is 0.430. The van der Waals surface area contributed by atoms with Crippen LogP contribution in [0.15, 0.2) is 23.1 Å². The monoisotopic (exact) mass is 197 g/mol. The van der Waals surface area contributed by atoms with Gasteiger partial charge in [0, 0.05) is 16.5 Å². The van der Waals surface area contributed by atoms with Gasteiger partial charge in [-0.25, -0.2) is 0 Å². The van der Waals surface area contributed by atoms with Crippen LogP contribution in [0, 0.1) is 5.92 Å². The van der Waals surface area contributed by atoms with E-state index in [1.54, 1.807) is 6.07 Å². The van der Waals surface area contributed by atoms with Crippen molar-refractivity contribution in [1.82, 2.24) is 0 Å². The predicted octanol–water partition coefficient (Wildman–Crippen LogP) is 2.34. The van der Waals surface area contributed by atoms with Crippen molar-refractivity contribution in [3.63, 3.8) is 0 Å². The highest BCUT2D eigenvalue weighted by Gasteiger charge is 2.15. The lowest BCUT2D eigenvalue weighted by Gasteiger charge is -2.17. The first kappa shape index (κ1) is 10.4. The number of hydrogen-bond acceptors (Lipinski definition) is 3. The number of nitrogens with two attached hydrogens (primary N) is 1. The summed E-state index contributed by atoms with van der Waals surface area (Å²) in [5.41, 5.74) is 6.68. The Labute approximate surface area is 84.2 Å². The molecule has 3 heteroatoms. The van der Waals surface area contributed by atoms with Crippen molar-refractivity contribution < 1.29 is 5.11 Å². The second-order valence-electron chi connectivity index (χ2n) is 3.48. The molecule has 0 saturated heterocycles. The predicted molar refractivity (Wildman–Crippen MR) is 57.1 cm³/mol. The van der Waals surface area contributed by atoms with Crippen LogP contribution in [0.5, 0.6) is 5.75 Å². The van der Waals surface area contributed by atoms with E-state index in [1.807, 2.05) is 26.0 Å². The third-order valence-corrected chi connectivity index (χ3v) is 2.48. The van der Waals surface area contributed by atoms with Gasteiger partial charge in [0.2, 0.25) is 0 Å². The first-order valence-corrected chi connectivity index (χ1v) is 4.75. The van der Waals surface area contributed by atoms with E-state index in [4.69, 9.17) is 5.73 Å². The van der Waals surface area contributed by atoms with E-state index < -0.39 is 0 Å². The molecule has 0 bridgehead atoms. The highest BCUT2D eigenvalue weighted by molar-refractivity contribution is 7.80. The Kier molecular flexibility index (Phi) is 3.22. The summed E-state index contributed by atoms with van der Waals surface area (Å²) in [7, 11) is 0. The standard InChI is InChI=1S/C10H15NOS/c1-6(2)9(11)7-4-3-5-8(13)10(7)12/h3-6,9,12-13H,11H2,1-2H3/t9-/m1/s1. The van der Waals surface area contributed by atoms with Crippen LogP contribution in [0.2, 0.25) is 0 Å². The fourth-order valence-electron chi connectivity index (χ4n) is 1.18. The van der Waals surface area contributed by atoms with Crippen LogP contribution in [0.1, 0.15) is 25.5 Å². The summed E-state index contributed by atoms with van der Waals surface area (Å²) < 4.78 is 0. The molecule has 0 unspecified atom stereocenters. The molecule has 1 aromatic carbocycles. The Balaban J connectivity index is 3.07. The molecule has 0 amide bonds. The van der Waals surface area contributed by atoms with E-state index >= 15 is 0 Å². The van der Waals surface area contributed by atoms with Crippen LogP contribution in [0.25, 0.3) is 0 Å². The normalized spacial score (nSPS) is 13.3. The summed E-state index contributed by atoms with van der Waals surface area (Å²) in [6.45, 7) is 4.05. The number of hydrogen-bond donors (Lipinski definition) is 3. The molecule has 2 nitrogen and oxygen atoms in total. The molecule has 0 fully saturated rings. The Bertz CT molecular complexity index is 299. The van der Waals surface area contributed by atoms with Gasteiger partial charge in [0.05, 0.1) is 0 Å². The fraction of sp³-hybridized carbons (Fsp3) is 0.400.